The van der Waals surface area contributed by atoms with Crippen molar-refractivity contribution in [2.24, 2.45) is 0 Å². The molecule has 2 N–H and O–H groups in total. The minimum Gasteiger partial charge on any atom is -0.492 e. The van der Waals surface area contributed by atoms with Crippen molar-refractivity contribution in [2.75, 3.05) is 12.3 Å². The standard InChI is InChI=1S/C16H15N3O/c17-14-6-7-15(13-5-3-10-19-16(13)14)20-11-8-12-4-1-2-9-18-12/h1-7,9-10H,8,11,17H2. The van der Waals surface area contributed by atoms with E-state index in [1.165, 1.54) is 0 Å². The van der Waals surface area contributed by atoms with Crippen molar-refractivity contribution >= 4 is 16.6 Å². The number of nitrogen functional groups attached to an aromatic ring is 1. The maximum Gasteiger partial charge on any atom is 0.128 e. The molecule has 0 unspecified atom stereocenters. The number of nitrogens with zero attached hydrogens (tertiary/aromatic N) is 2. The quantitative estimate of drug-likeness (QED) is 0.737. The lowest BCUT2D eigenvalue weighted by Crippen LogP contribution is -2.03. The zero-order valence-corrected chi connectivity index (χ0v) is 11.0. The molecule has 20 heavy (non-hydrogen) atoms. The van der Waals surface area contributed by atoms with Crippen molar-refractivity contribution < 1.29 is 4.74 Å². The summed E-state index contributed by atoms with van der Waals surface area (Å²) in [5.74, 6) is 0.804. The second-order valence-electron chi connectivity index (χ2n) is 4.47. The van der Waals surface area contributed by atoms with Crippen LogP contribution in [0.4, 0.5) is 5.69 Å². The van der Waals surface area contributed by atoms with Gasteiger partial charge in [-0.15, -0.1) is 0 Å². The largest absolute Gasteiger partial charge is 0.492 e. The van der Waals surface area contributed by atoms with Crippen LogP contribution in [0.5, 0.6) is 5.75 Å². The van der Waals surface area contributed by atoms with E-state index in [1.54, 1.807) is 12.4 Å². The van der Waals surface area contributed by atoms with E-state index in [2.05, 4.69) is 9.97 Å². The summed E-state index contributed by atoms with van der Waals surface area (Å²) in [6.45, 7) is 0.574. The Bertz CT molecular complexity index is 713. The number of fused-ring (bicyclic) bond motifs is 1. The summed E-state index contributed by atoms with van der Waals surface area (Å²) in [4.78, 5) is 8.56. The van der Waals surface area contributed by atoms with E-state index in [4.69, 9.17) is 10.5 Å². The monoisotopic (exact) mass is 265 g/mol. The smallest absolute Gasteiger partial charge is 0.128 e. The van der Waals surface area contributed by atoms with Crippen molar-refractivity contribution in [1.29, 1.82) is 0 Å². The van der Waals surface area contributed by atoms with Gasteiger partial charge in [-0.05, 0) is 36.4 Å². The van der Waals surface area contributed by atoms with Gasteiger partial charge in [-0.1, -0.05) is 6.07 Å². The van der Waals surface area contributed by atoms with E-state index in [-0.39, 0.29) is 0 Å². The van der Waals surface area contributed by atoms with Gasteiger partial charge >= 0.3 is 0 Å². The summed E-state index contributed by atoms with van der Waals surface area (Å²) < 4.78 is 5.84. The fourth-order valence-corrected chi connectivity index (χ4v) is 2.11. The Labute approximate surface area is 117 Å². The number of ether oxygens (including phenoxy) is 1. The predicted octanol–water partition coefficient (Wildman–Crippen LogP) is 2.83. The van der Waals surface area contributed by atoms with Gasteiger partial charge in [-0.2, -0.15) is 0 Å². The maximum atomic E-state index is 5.92. The molecule has 4 nitrogen and oxygen atoms in total. The van der Waals surface area contributed by atoms with E-state index in [9.17, 15) is 0 Å². The Morgan fingerprint density at radius 3 is 2.70 bits per heavy atom. The molecule has 0 aliphatic heterocycles. The highest BCUT2D eigenvalue weighted by Crippen LogP contribution is 2.28. The van der Waals surface area contributed by atoms with Crippen molar-refractivity contribution in [1.82, 2.24) is 9.97 Å². The molecule has 0 aliphatic carbocycles. The topological polar surface area (TPSA) is 61.0 Å². The highest BCUT2D eigenvalue weighted by molar-refractivity contribution is 5.93. The second-order valence-corrected chi connectivity index (χ2v) is 4.47. The highest BCUT2D eigenvalue weighted by Gasteiger charge is 2.05. The molecule has 0 bridgehead atoms. The normalized spacial score (nSPS) is 10.6. The average Bonchev–Trinajstić information content (AvgIpc) is 2.51. The number of hydrogen-bond acceptors (Lipinski definition) is 4. The Balaban J connectivity index is 1.77. The number of hydrogen-bond donors (Lipinski definition) is 1. The number of aromatic nitrogens is 2. The molecule has 3 rings (SSSR count). The number of pyridine rings is 2. The molecule has 2 heterocycles. The summed E-state index contributed by atoms with van der Waals surface area (Å²) in [5.41, 5.74) is 8.38. The molecule has 0 saturated carbocycles. The number of anilines is 1. The minimum atomic E-state index is 0.574. The molecule has 0 spiro atoms. The third kappa shape index (κ3) is 2.54. The van der Waals surface area contributed by atoms with Crippen molar-refractivity contribution in [2.45, 2.75) is 6.42 Å². The van der Waals surface area contributed by atoms with Crippen LogP contribution in [0.1, 0.15) is 5.69 Å². The van der Waals surface area contributed by atoms with Gasteiger partial charge in [-0.3, -0.25) is 9.97 Å². The van der Waals surface area contributed by atoms with Crippen LogP contribution in [-0.2, 0) is 6.42 Å². The van der Waals surface area contributed by atoms with Gasteiger partial charge < -0.3 is 10.5 Å². The van der Waals surface area contributed by atoms with Gasteiger partial charge in [0.1, 0.15) is 5.75 Å². The zero-order chi connectivity index (χ0) is 13.8. The van der Waals surface area contributed by atoms with E-state index >= 15 is 0 Å². The van der Waals surface area contributed by atoms with E-state index in [0.717, 1.165) is 28.8 Å². The molecule has 0 saturated heterocycles. The second kappa shape index (κ2) is 5.57. The lowest BCUT2D eigenvalue weighted by Gasteiger charge is -2.10. The Morgan fingerprint density at radius 2 is 1.85 bits per heavy atom. The molecule has 0 aliphatic rings. The first kappa shape index (κ1) is 12.4. The van der Waals surface area contributed by atoms with E-state index < -0.39 is 0 Å². The van der Waals surface area contributed by atoms with Crippen LogP contribution in [0, 0.1) is 0 Å². The van der Waals surface area contributed by atoms with Gasteiger partial charge in [0.2, 0.25) is 0 Å². The molecule has 2 aromatic heterocycles. The molecule has 0 radical (unpaired) electrons. The van der Waals surface area contributed by atoms with Gasteiger partial charge in [-0.25, -0.2) is 0 Å². The molecular weight excluding hydrogens is 250 g/mol. The lowest BCUT2D eigenvalue weighted by atomic mass is 10.2. The molecule has 3 aromatic rings. The summed E-state index contributed by atoms with van der Waals surface area (Å²) in [5, 5.41) is 0.938. The summed E-state index contributed by atoms with van der Waals surface area (Å²) >= 11 is 0. The minimum absolute atomic E-state index is 0.574. The first-order valence-corrected chi connectivity index (χ1v) is 6.50. The fraction of sp³-hybridized carbons (Fsp3) is 0.125. The summed E-state index contributed by atoms with van der Waals surface area (Å²) in [7, 11) is 0. The molecule has 0 atom stereocenters. The van der Waals surface area contributed by atoms with Crippen LogP contribution in [0.25, 0.3) is 10.9 Å². The molecule has 0 amide bonds. The van der Waals surface area contributed by atoms with Gasteiger partial charge in [0.25, 0.3) is 0 Å². The molecule has 4 heteroatoms. The van der Waals surface area contributed by atoms with Crippen molar-refractivity contribution in [3.63, 3.8) is 0 Å². The Hall–Kier alpha value is -2.62. The maximum absolute atomic E-state index is 5.92. The van der Waals surface area contributed by atoms with Crippen LogP contribution in [-0.4, -0.2) is 16.6 Å². The van der Waals surface area contributed by atoms with Gasteiger partial charge in [0.15, 0.2) is 0 Å². The first-order chi connectivity index (χ1) is 9.84. The third-order valence-electron chi connectivity index (χ3n) is 3.10. The molecule has 1 aromatic carbocycles. The van der Waals surface area contributed by atoms with Crippen LogP contribution in [0.3, 0.4) is 0 Å². The molecule has 100 valence electrons. The van der Waals surface area contributed by atoms with Crippen LogP contribution in [0.2, 0.25) is 0 Å². The lowest BCUT2D eigenvalue weighted by molar-refractivity contribution is 0.324. The van der Waals surface area contributed by atoms with Crippen LogP contribution in [0.15, 0.2) is 54.9 Å². The zero-order valence-electron chi connectivity index (χ0n) is 11.0. The number of benzene rings is 1. The Morgan fingerprint density at radius 1 is 0.950 bits per heavy atom. The van der Waals surface area contributed by atoms with E-state index in [0.29, 0.717) is 12.3 Å². The predicted molar refractivity (Wildman–Crippen MR) is 79.6 cm³/mol. The fourth-order valence-electron chi connectivity index (χ4n) is 2.11. The molecular formula is C16H15N3O. The van der Waals surface area contributed by atoms with Crippen LogP contribution < -0.4 is 10.5 Å². The first-order valence-electron chi connectivity index (χ1n) is 6.50. The summed E-state index contributed by atoms with van der Waals surface area (Å²) in [6.07, 6.45) is 4.29. The average molecular weight is 265 g/mol. The van der Waals surface area contributed by atoms with Crippen molar-refractivity contribution in [3.8, 4) is 5.75 Å². The Kier molecular flexibility index (Phi) is 3.46. The van der Waals surface area contributed by atoms with E-state index in [1.807, 2.05) is 42.5 Å². The van der Waals surface area contributed by atoms with Gasteiger partial charge in [0.05, 0.1) is 17.8 Å². The van der Waals surface area contributed by atoms with Crippen LogP contribution >= 0.6 is 0 Å². The van der Waals surface area contributed by atoms with Crippen molar-refractivity contribution in [3.05, 3.63) is 60.6 Å². The van der Waals surface area contributed by atoms with Gasteiger partial charge in [0, 0.05) is 29.9 Å². The molecule has 0 fully saturated rings. The SMILES string of the molecule is Nc1ccc(OCCc2ccccn2)c2cccnc12. The highest BCUT2D eigenvalue weighted by atomic mass is 16.5. The summed E-state index contributed by atoms with van der Waals surface area (Å²) in [6, 6.07) is 13.4. The number of nitrogens with two attached hydrogens (primary N) is 1. The third-order valence-corrected chi connectivity index (χ3v) is 3.10. The number of rotatable bonds is 4.